The van der Waals surface area contributed by atoms with Gasteiger partial charge in [-0.05, 0) is 36.2 Å². The van der Waals surface area contributed by atoms with Crippen LogP contribution in [-0.4, -0.2) is 43.1 Å². The summed E-state index contributed by atoms with van der Waals surface area (Å²) in [5.41, 5.74) is 4.68. The van der Waals surface area contributed by atoms with E-state index >= 15 is 0 Å². The summed E-state index contributed by atoms with van der Waals surface area (Å²) in [7, 11) is 1.88. The van der Waals surface area contributed by atoms with Crippen molar-refractivity contribution in [2.45, 2.75) is 32.0 Å². The van der Waals surface area contributed by atoms with Gasteiger partial charge in [-0.15, -0.1) is 0 Å². The average molecular weight is 404 g/mol. The molecule has 1 aliphatic rings. The van der Waals surface area contributed by atoms with Crippen molar-refractivity contribution in [3.63, 3.8) is 0 Å². The highest BCUT2D eigenvalue weighted by atomic mass is 19.1. The first-order valence-corrected chi connectivity index (χ1v) is 9.86. The molecule has 1 amide bonds. The van der Waals surface area contributed by atoms with Crippen LogP contribution in [-0.2, 0) is 13.5 Å². The Morgan fingerprint density at radius 2 is 2.03 bits per heavy atom. The smallest absolute Gasteiger partial charge is 0.251 e. The third-order valence-corrected chi connectivity index (χ3v) is 5.64. The van der Waals surface area contributed by atoms with E-state index in [0.29, 0.717) is 24.2 Å². The van der Waals surface area contributed by atoms with E-state index in [-0.39, 0.29) is 11.9 Å². The molecule has 1 aliphatic carbocycles. The van der Waals surface area contributed by atoms with Crippen molar-refractivity contribution in [2.24, 2.45) is 7.05 Å². The maximum absolute atomic E-state index is 13.0. The summed E-state index contributed by atoms with van der Waals surface area (Å²) in [6.07, 6.45) is 1.98. The van der Waals surface area contributed by atoms with Crippen molar-refractivity contribution in [3.8, 4) is 11.4 Å². The van der Waals surface area contributed by atoms with E-state index in [1.165, 1.54) is 11.1 Å². The van der Waals surface area contributed by atoms with Crippen molar-refractivity contribution in [2.75, 3.05) is 0 Å². The second-order valence-corrected chi connectivity index (χ2v) is 7.74. The summed E-state index contributed by atoms with van der Waals surface area (Å²) >= 11 is 0. The Balaban J connectivity index is 1.35. The number of rotatable bonds is 5. The van der Waals surface area contributed by atoms with E-state index in [1.807, 2.05) is 31.4 Å². The third-order valence-electron chi connectivity index (χ3n) is 5.64. The predicted octanol–water partition coefficient (Wildman–Crippen LogP) is 3.10. The van der Waals surface area contributed by atoms with Crippen LogP contribution in [0.3, 0.4) is 0 Å². The van der Waals surface area contributed by atoms with Crippen molar-refractivity contribution in [1.82, 2.24) is 30.3 Å². The molecule has 0 saturated heterocycles. The molecule has 8 heteroatoms. The van der Waals surface area contributed by atoms with Crippen LogP contribution in [0.4, 0.5) is 4.39 Å². The third kappa shape index (κ3) is 3.34. The van der Waals surface area contributed by atoms with Gasteiger partial charge in [-0.3, -0.25) is 14.6 Å². The number of benzene rings is 2. The Morgan fingerprint density at radius 1 is 1.27 bits per heavy atom. The number of nitrogens with zero attached hydrogens (tertiary/aromatic N) is 4. The topological polar surface area (TPSA) is 88.5 Å². The quantitative estimate of drug-likeness (QED) is 0.535. The lowest BCUT2D eigenvalue weighted by atomic mass is 10.0. The Morgan fingerprint density at radius 3 is 2.77 bits per heavy atom. The summed E-state index contributed by atoms with van der Waals surface area (Å²) in [4.78, 5) is 16.8. The van der Waals surface area contributed by atoms with Crippen LogP contribution in [0.25, 0.3) is 22.3 Å². The van der Waals surface area contributed by atoms with Gasteiger partial charge in [-0.1, -0.05) is 18.2 Å². The molecular formula is C22H21FN6O. The molecule has 30 heavy (non-hydrogen) atoms. The Kier molecular flexibility index (Phi) is 4.34. The standard InChI is InChI=1S/C22H21FN6O/c1-12-15(7-8-18-16(12)11-24-27-18)9-20-26-21(28-29(20)2)13-3-5-14(6-4-13)22(30)25-19-10-17(19)23/h3-8,11,17,19H,9-10H2,1-2H3,(H,24,27)(H,25,30)/t17-,19-/m0/s1. The fraction of sp³-hybridized carbons (Fsp3) is 0.273. The van der Waals surface area contributed by atoms with Crippen LogP contribution in [0.15, 0.2) is 42.6 Å². The number of nitrogens with one attached hydrogen (secondary N) is 2. The zero-order valence-electron chi connectivity index (χ0n) is 16.7. The zero-order chi connectivity index (χ0) is 20.8. The van der Waals surface area contributed by atoms with E-state index in [0.717, 1.165) is 22.3 Å². The number of hydrogen-bond acceptors (Lipinski definition) is 4. The van der Waals surface area contributed by atoms with Crippen LogP contribution in [0.5, 0.6) is 0 Å². The molecule has 2 aromatic carbocycles. The van der Waals surface area contributed by atoms with Crippen LogP contribution in [0.2, 0.25) is 0 Å². The molecule has 0 spiro atoms. The van der Waals surface area contributed by atoms with Gasteiger partial charge < -0.3 is 5.32 Å². The molecule has 1 saturated carbocycles. The van der Waals surface area contributed by atoms with Gasteiger partial charge in [-0.25, -0.2) is 9.37 Å². The molecule has 2 aromatic heterocycles. The number of carbonyl (C=O) groups is 1. The fourth-order valence-electron chi connectivity index (χ4n) is 3.59. The largest absolute Gasteiger partial charge is 0.346 e. The Bertz CT molecular complexity index is 1240. The predicted molar refractivity (Wildman–Crippen MR) is 111 cm³/mol. The Labute approximate surface area is 172 Å². The van der Waals surface area contributed by atoms with Gasteiger partial charge in [0.05, 0.1) is 17.8 Å². The van der Waals surface area contributed by atoms with Gasteiger partial charge in [0.2, 0.25) is 0 Å². The van der Waals surface area contributed by atoms with Gasteiger partial charge in [0, 0.05) is 36.4 Å². The first-order chi connectivity index (χ1) is 14.5. The van der Waals surface area contributed by atoms with E-state index in [1.54, 1.807) is 16.8 Å². The summed E-state index contributed by atoms with van der Waals surface area (Å²) in [5.74, 6) is 1.19. The lowest BCUT2D eigenvalue weighted by Gasteiger charge is -2.06. The molecular weight excluding hydrogens is 383 g/mol. The minimum Gasteiger partial charge on any atom is -0.346 e. The normalized spacial score (nSPS) is 18.0. The molecule has 0 radical (unpaired) electrons. The number of aromatic amines is 1. The molecule has 152 valence electrons. The number of fused-ring (bicyclic) bond motifs is 1. The van der Waals surface area contributed by atoms with Gasteiger partial charge >= 0.3 is 0 Å². The van der Waals surface area contributed by atoms with Gasteiger partial charge in [0.15, 0.2) is 5.82 Å². The van der Waals surface area contributed by atoms with Crippen molar-refractivity contribution >= 4 is 16.8 Å². The molecule has 0 aliphatic heterocycles. The summed E-state index contributed by atoms with van der Waals surface area (Å²) in [6.45, 7) is 2.08. The van der Waals surface area contributed by atoms with Crippen molar-refractivity contribution < 1.29 is 9.18 Å². The number of aryl methyl sites for hydroxylation is 2. The highest BCUT2D eigenvalue weighted by Gasteiger charge is 2.38. The Hall–Kier alpha value is -3.55. The number of carbonyl (C=O) groups excluding carboxylic acids is 1. The number of hydrogen-bond donors (Lipinski definition) is 2. The minimum atomic E-state index is -0.915. The second-order valence-electron chi connectivity index (χ2n) is 7.74. The van der Waals surface area contributed by atoms with Crippen LogP contribution < -0.4 is 5.32 Å². The molecule has 0 unspecified atom stereocenters. The van der Waals surface area contributed by atoms with E-state index in [4.69, 9.17) is 4.98 Å². The maximum Gasteiger partial charge on any atom is 0.251 e. The zero-order valence-corrected chi connectivity index (χ0v) is 16.7. The molecule has 4 aromatic rings. The SMILES string of the molecule is Cc1c(Cc2nc(-c3ccc(C(=O)N[C@H]4C[C@@H]4F)cc3)nn2C)ccc2[nH]ncc12. The van der Waals surface area contributed by atoms with Crippen molar-refractivity contribution in [1.29, 1.82) is 0 Å². The van der Waals surface area contributed by atoms with Gasteiger partial charge in [-0.2, -0.15) is 10.2 Å². The van der Waals surface area contributed by atoms with Crippen LogP contribution >= 0.6 is 0 Å². The monoisotopic (exact) mass is 404 g/mol. The molecule has 5 rings (SSSR count). The van der Waals surface area contributed by atoms with E-state index in [2.05, 4.69) is 33.6 Å². The van der Waals surface area contributed by atoms with Crippen molar-refractivity contribution in [3.05, 3.63) is 65.1 Å². The molecule has 2 heterocycles. The summed E-state index contributed by atoms with van der Waals surface area (Å²) in [6, 6.07) is 10.8. The van der Waals surface area contributed by atoms with Gasteiger partial charge in [0.25, 0.3) is 5.91 Å². The maximum atomic E-state index is 13.0. The minimum absolute atomic E-state index is 0.258. The molecule has 0 bridgehead atoms. The highest BCUT2D eigenvalue weighted by Crippen LogP contribution is 2.26. The number of aromatic nitrogens is 5. The number of amides is 1. The summed E-state index contributed by atoms with van der Waals surface area (Å²) < 4.78 is 14.8. The summed E-state index contributed by atoms with van der Waals surface area (Å²) in [5, 5.41) is 15.4. The van der Waals surface area contributed by atoms with Gasteiger partial charge in [0.1, 0.15) is 12.0 Å². The first kappa shape index (κ1) is 18.5. The van der Waals surface area contributed by atoms with Crippen LogP contribution in [0, 0.1) is 6.92 Å². The first-order valence-electron chi connectivity index (χ1n) is 9.86. The second kappa shape index (κ2) is 7.05. The number of alkyl halides is 1. The van der Waals surface area contributed by atoms with Crippen LogP contribution in [0.1, 0.15) is 33.7 Å². The fourth-order valence-corrected chi connectivity index (χ4v) is 3.59. The molecule has 2 atom stereocenters. The number of halogens is 1. The lowest BCUT2D eigenvalue weighted by Crippen LogP contribution is -2.26. The number of H-pyrrole nitrogens is 1. The van der Waals surface area contributed by atoms with E-state index < -0.39 is 6.17 Å². The van der Waals surface area contributed by atoms with E-state index in [9.17, 15) is 9.18 Å². The lowest BCUT2D eigenvalue weighted by molar-refractivity contribution is 0.0947. The average Bonchev–Trinajstić information content (AvgIpc) is 3.11. The molecule has 1 fully saturated rings. The molecule has 7 nitrogen and oxygen atoms in total. The molecule has 2 N–H and O–H groups in total. The highest BCUT2D eigenvalue weighted by molar-refractivity contribution is 5.95.